The minimum absolute atomic E-state index is 0.0454. The number of likely N-dealkylation sites (N-methyl/N-ethyl adjacent to an activating group) is 2. The SMILES string of the molecule is CCNC(c1cc(C)cc(F)c1)C(C)(CC)N(C)C. The van der Waals surface area contributed by atoms with E-state index < -0.39 is 0 Å². The minimum atomic E-state index is -0.157. The van der Waals surface area contributed by atoms with Gasteiger partial charge in [0.2, 0.25) is 0 Å². The molecule has 2 unspecified atom stereocenters. The first-order valence-corrected chi connectivity index (χ1v) is 7.03. The Bertz CT molecular complexity index is 397. The maximum Gasteiger partial charge on any atom is 0.123 e. The van der Waals surface area contributed by atoms with Crippen LogP contribution in [-0.2, 0) is 0 Å². The van der Waals surface area contributed by atoms with E-state index in [0.717, 1.165) is 24.1 Å². The van der Waals surface area contributed by atoms with Gasteiger partial charge in [-0.05, 0) is 64.2 Å². The first-order valence-electron chi connectivity index (χ1n) is 7.03. The normalized spacial score (nSPS) is 16.4. The van der Waals surface area contributed by atoms with Crippen LogP contribution in [0.3, 0.4) is 0 Å². The fourth-order valence-corrected chi connectivity index (χ4v) is 2.61. The Morgan fingerprint density at radius 1 is 1.26 bits per heavy atom. The molecule has 0 saturated heterocycles. The van der Waals surface area contributed by atoms with Crippen molar-refractivity contribution in [3.63, 3.8) is 0 Å². The average Bonchev–Trinajstić information content (AvgIpc) is 2.33. The van der Waals surface area contributed by atoms with Crippen LogP contribution in [0.5, 0.6) is 0 Å². The molecule has 0 heterocycles. The Balaban J connectivity index is 3.26. The van der Waals surface area contributed by atoms with Gasteiger partial charge in [-0.25, -0.2) is 4.39 Å². The second kappa shape index (κ2) is 6.49. The summed E-state index contributed by atoms with van der Waals surface area (Å²) in [5.74, 6) is -0.157. The summed E-state index contributed by atoms with van der Waals surface area (Å²) in [6, 6.07) is 5.42. The maximum atomic E-state index is 13.7. The molecule has 2 nitrogen and oxygen atoms in total. The maximum absolute atomic E-state index is 13.7. The lowest BCUT2D eigenvalue weighted by molar-refractivity contribution is 0.113. The zero-order valence-electron chi connectivity index (χ0n) is 13.0. The molecule has 0 fully saturated rings. The predicted molar refractivity (Wildman–Crippen MR) is 79.9 cm³/mol. The van der Waals surface area contributed by atoms with Crippen LogP contribution in [0.25, 0.3) is 0 Å². The smallest absolute Gasteiger partial charge is 0.123 e. The van der Waals surface area contributed by atoms with Crippen LogP contribution >= 0.6 is 0 Å². The molecular formula is C16H27FN2. The summed E-state index contributed by atoms with van der Waals surface area (Å²) in [6.45, 7) is 9.29. The number of aryl methyl sites for hydroxylation is 1. The average molecular weight is 266 g/mol. The summed E-state index contributed by atoms with van der Waals surface area (Å²) >= 11 is 0. The minimum Gasteiger partial charge on any atom is -0.309 e. The first kappa shape index (κ1) is 16.1. The number of benzene rings is 1. The summed E-state index contributed by atoms with van der Waals surface area (Å²) < 4.78 is 13.7. The molecule has 1 N–H and O–H groups in total. The Morgan fingerprint density at radius 2 is 1.89 bits per heavy atom. The fraction of sp³-hybridized carbons (Fsp3) is 0.625. The van der Waals surface area contributed by atoms with Gasteiger partial charge in [0.05, 0.1) is 6.04 Å². The van der Waals surface area contributed by atoms with Crippen molar-refractivity contribution in [1.82, 2.24) is 10.2 Å². The van der Waals surface area contributed by atoms with Gasteiger partial charge in [-0.2, -0.15) is 0 Å². The third kappa shape index (κ3) is 3.54. The largest absolute Gasteiger partial charge is 0.309 e. The number of rotatable bonds is 6. The van der Waals surface area contributed by atoms with E-state index in [9.17, 15) is 4.39 Å². The molecule has 2 atom stereocenters. The zero-order chi connectivity index (χ0) is 14.6. The number of halogens is 1. The molecular weight excluding hydrogens is 239 g/mol. The molecule has 0 radical (unpaired) electrons. The lowest BCUT2D eigenvalue weighted by atomic mass is 9.83. The summed E-state index contributed by atoms with van der Waals surface area (Å²) in [7, 11) is 4.17. The van der Waals surface area contributed by atoms with Crippen LogP contribution in [0, 0.1) is 12.7 Å². The molecule has 0 aliphatic heterocycles. The van der Waals surface area contributed by atoms with Crippen molar-refractivity contribution >= 4 is 0 Å². The van der Waals surface area contributed by atoms with E-state index in [2.05, 4.69) is 51.1 Å². The zero-order valence-corrected chi connectivity index (χ0v) is 13.0. The Kier molecular flexibility index (Phi) is 5.50. The van der Waals surface area contributed by atoms with Crippen molar-refractivity contribution in [2.24, 2.45) is 0 Å². The van der Waals surface area contributed by atoms with Gasteiger partial charge in [-0.1, -0.05) is 19.9 Å². The molecule has 0 aliphatic rings. The topological polar surface area (TPSA) is 15.3 Å². The second-order valence-electron chi connectivity index (χ2n) is 5.66. The number of hydrogen-bond donors (Lipinski definition) is 1. The highest BCUT2D eigenvalue weighted by Crippen LogP contribution is 2.33. The molecule has 108 valence electrons. The third-order valence-corrected chi connectivity index (χ3v) is 4.17. The third-order valence-electron chi connectivity index (χ3n) is 4.17. The highest BCUT2D eigenvalue weighted by Gasteiger charge is 2.35. The molecule has 3 heteroatoms. The molecule has 0 amide bonds. The summed E-state index contributed by atoms with van der Waals surface area (Å²) in [6.07, 6.45) is 0.993. The van der Waals surface area contributed by atoms with Crippen molar-refractivity contribution in [3.8, 4) is 0 Å². The van der Waals surface area contributed by atoms with Crippen LogP contribution in [-0.4, -0.2) is 31.1 Å². The van der Waals surface area contributed by atoms with Crippen LogP contribution in [0.2, 0.25) is 0 Å². The van der Waals surface area contributed by atoms with Crippen LogP contribution in [0.15, 0.2) is 18.2 Å². The number of hydrogen-bond acceptors (Lipinski definition) is 2. The van der Waals surface area contributed by atoms with E-state index in [4.69, 9.17) is 0 Å². The van der Waals surface area contributed by atoms with Gasteiger partial charge in [0.1, 0.15) is 5.82 Å². The molecule has 1 aromatic rings. The quantitative estimate of drug-likeness (QED) is 0.847. The van der Waals surface area contributed by atoms with Crippen molar-refractivity contribution in [1.29, 1.82) is 0 Å². The molecule has 0 aliphatic carbocycles. The van der Waals surface area contributed by atoms with E-state index in [1.165, 1.54) is 0 Å². The highest BCUT2D eigenvalue weighted by atomic mass is 19.1. The molecule has 0 bridgehead atoms. The standard InChI is InChI=1S/C16H27FN2/c1-7-16(4,19(5)6)15(18-8-2)13-9-12(3)10-14(17)11-13/h9-11,15,18H,7-8H2,1-6H3. The van der Waals surface area contributed by atoms with Crippen molar-refractivity contribution < 1.29 is 4.39 Å². The predicted octanol–water partition coefficient (Wildman–Crippen LogP) is 3.52. The van der Waals surface area contributed by atoms with Crippen LogP contribution in [0.1, 0.15) is 44.4 Å². The van der Waals surface area contributed by atoms with E-state index in [0.29, 0.717) is 0 Å². The summed E-state index contributed by atoms with van der Waals surface area (Å²) in [5, 5.41) is 3.52. The lowest BCUT2D eigenvalue weighted by Gasteiger charge is -2.43. The van der Waals surface area contributed by atoms with E-state index in [1.54, 1.807) is 12.1 Å². The lowest BCUT2D eigenvalue weighted by Crippen LogP contribution is -2.51. The van der Waals surface area contributed by atoms with Gasteiger partial charge in [-0.3, -0.25) is 0 Å². The van der Waals surface area contributed by atoms with Crippen LogP contribution < -0.4 is 5.32 Å². The van der Waals surface area contributed by atoms with Gasteiger partial charge >= 0.3 is 0 Å². The van der Waals surface area contributed by atoms with E-state index in [-0.39, 0.29) is 17.4 Å². The van der Waals surface area contributed by atoms with Crippen molar-refractivity contribution in [3.05, 3.63) is 35.1 Å². The van der Waals surface area contributed by atoms with Gasteiger partial charge < -0.3 is 10.2 Å². The van der Waals surface area contributed by atoms with E-state index >= 15 is 0 Å². The number of nitrogens with one attached hydrogen (secondary N) is 1. The molecule has 1 aromatic carbocycles. The molecule has 0 aromatic heterocycles. The van der Waals surface area contributed by atoms with Crippen LogP contribution in [0.4, 0.5) is 4.39 Å². The fourth-order valence-electron chi connectivity index (χ4n) is 2.61. The summed E-state index contributed by atoms with van der Waals surface area (Å²) in [4.78, 5) is 2.22. The molecule has 0 spiro atoms. The first-order chi connectivity index (χ1) is 8.85. The number of nitrogens with zero attached hydrogens (tertiary/aromatic N) is 1. The van der Waals surface area contributed by atoms with Crippen molar-refractivity contribution in [2.45, 2.75) is 45.7 Å². The highest BCUT2D eigenvalue weighted by molar-refractivity contribution is 5.29. The second-order valence-corrected chi connectivity index (χ2v) is 5.66. The molecule has 0 saturated carbocycles. The van der Waals surface area contributed by atoms with Gasteiger partial charge in [0, 0.05) is 5.54 Å². The van der Waals surface area contributed by atoms with E-state index in [1.807, 2.05) is 6.92 Å². The summed E-state index contributed by atoms with van der Waals surface area (Å²) in [5.41, 5.74) is 1.95. The Labute approximate surface area is 117 Å². The monoisotopic (exact) mass is 266 g/mol. The van der Waals surface area contributed by atoms with Gasteiger partial charge in [0.15, 0.2) is 0 Å². The Hall–Kier alpha value is -0.930. The Morgan fingerprint density at radius 3 is 2.32 bits per heavy atom. The molecule has 19 heavy (non-hydrogen) atoms. The molecule has 1 rings (SSSR count). The van der Waals surface area contributed by atoms with Crippen molar-refractivity contribution in [2.75, 3.05) is 20.6 Å². The van der Waals surface area contributed by atoms with Gasteiger partial charge in [-0.15, -0.1) is 0 Å². The van der Waals surface area contributed by atoms with Gasteiger partial charge in [0.25, 0.3) is 0 Å².